The molecule has 0 fully saturated rings. The summed E-state index contributed by atoms with van der Waals surface area (Å²) in [6.07, 6.45) is -3.83. The highest BCUT2D eigenvalue weighted by Gasteiger charge is 2.38. The first-order chi connectivity index (χ1) is 6.73. The second kappa shape index (κ2) is 5.68. The summed E-state index contributed by atoms with van der Waals surface area (Å²) >= 11 is 0. The van der Waals surface area contributed by atoms with E-state index in [4.69, 9.17) is 0 Å². The van der Waals surface area contributed by atoms with Crippen LogP contribution in [0.4, 0.5) is 13.2 Å². The van der Waals surface area contributed by atoms with Gasteiger partial charge in [0, 0.05) is 6.42 Å². The molecular formula is C10H13F3O2. The van der Waals surface area contributed by atoms with Crippen LogP contribution in [-0.2, 0) is 9.59 Å². The van der Waals surface area contributed by atoms with Crippen molar-refractivity contribution < 1.29 is 22.8 Å². The maximum atomic E-state index is 11.7. The fourth-order valence-electron chi connectivity index (χ4n) is 0.890. The van der Waals surface area contributed by atoms with E-state index >= 15 is 0 Å². The molecular weight excluding hydrogens is 209 g/mol. The van der Waals surface area contributed by atoms with Gasteiger partial charge in [0.1, 0.15) is 5.78 Å². The number of Topliss-reactive ketones (excluding diaryl/α,β-unsaturated/α-hetero) is 2. The highest BCUT2D eigenvalue weighted by molar-refractivity contribution is 6.01. The Labute approximate surface area is 86.2 Å². The molecule has 0 rings (SSSR count). The van der Waals surface area contributed by atoms with E-state index in [-0.39, 0.29) is 6.42 Å². The van der Waals surface area contributed by atoms with Gasteiger partial charge in [-0.05, 0) is 20.3 Å². The smallest absolute Gasteiger partial charge is 0.299 e. The molecule has 86 valence electrons. The number of hydrogen-bond donors (Lipinski definition) is 0. The molecule has 15 heavy (non-hydrogen) atoms. The lowest BCUT2D eigenvalue weighted by molar-refractivity contribution is -0.171. The Morgan fingerprint density at radius 2 is 1.73 bits per heavy atom. The second-order valence-corrected chi connectivity index (χ2v) is 3.46. The summed E-state index contributed by atoms with van der Waals surface area (Å²) in [5.74, 6) is -2.64. The molecule has 0 bridgehead atoms. The minimum Gasteiger partial charge on any atom is -0.299 e. The van der Waals surface area contributed by atoms with Crippen molar-refractivity contribution in [2.24, 2.45) is 0 Å². The van der Waals surface area contributed by atoms with Crippen LogP contribution in [0.5, 0.6) is 0 Å². The van der Waals surface area contributed by atoms with Crippen LogP contribution in [0, 0.1) is 0 Å². The molecule has 0 saturated carbocycles. The average Bonchev–Trinajstić information content (AvgIpc) is 2.01. The standard InChI is InChI=1S/C10H13F3O2/c1-7(2)4-3-5-8(14)6-9(15)10(11,12)13/h4H,3,5-6H2,1-2H3. The van der Waals surface area contributed by atoms with Gasteiger partial charge in [0.2, 0.25) is 5.78 Å². The van der Waals surface area contributed by atoms with Gasteiger partial charge in [0.15, 0.2) is 0 Å². The molecule has 0 aromatic carbocycles. The Morgan fingerprint density at radius 1 is 1.20 bits per heavy atom. The molecule has 0 heterocycles. The zero-order valence-electron chi connectivity index (χ0n) is 8.65. The fourth-order valence-corrected chi connectivity index (χ4v) is 0.890. The summed E-state index contributed by atoms with van der Waals surface area (Å²) in [5, 5.41) is 0. The SMILES string of the molecule is CC(C)=CCCC(=O)CC(=O)C(F)(F)F. The summed E-state index contributed by atoms with van der Waals surface area (Å²) in [6.45, 7) is 3.65. The van der Waals surface area contributed by atoms with Crippen LogP contribution in [-0.4, -0.2) is 17.7 Å². The van der Waals surface area contributed by atoms with Gasteiger partial charge in [-0.15, -0.1) is 0 Å². The van der Waals surface area contributed by atoms with Gasteiger partial charge in [0.25, 0.3) is 0 Å². The molecule has 0 aromatic heterocycles. The summed E-state index contributed by atoms with van der Waals surface area (Å²) < 4.78 is 35.2. The second-order valence-electron chi connectivity index (χ2n) is 3.46. The third-order valence-corrected chi connectivity index (χ3v) is 1.65. The van der Waals surface area contributed by atoms with Gasteiger partial charge in [-0.1, -0.05) is 11.6 Å². The molecule has 0 N–H and O–H groups in total. The molecule has 5 heteroatoms. The number of hydrogen-bond acceptors (Lipinski definition) is 2. The van der Waals surface area contributed by atoms with Crippen LogP contribution in [0.3, 0.4) is 0 Å². The first kappa shape index (κ1) is 13.9. The van der Waals surface area contributed by atoms with Gasteiger partial charge in [-0.3, -0.25) is 9.59 Å². The van der Waals surface area contributed by atoms with Crippen LogP contribution in [0.25, 0.3) is 0 Å². The maximum Gasteiger partial charge on any atom is 0.450 e. The summed E-state index contributed by atoms with van der Waals surface area (Å²) in [5.41, 5.74) is 0.991. The van der Waals surface area contributed by atoms with Crippen molar-refractivity contribution in [1.82, 2.24) is 0 Å². The van der Waals surface area contributed by atoms with E-state index in [9.17, 15) is 22.8 Å². The molecule has 0 aliphatic rings. The minimum atomic E-state index is -4.90. The van der Waals surface area contributed by atoms with Crippen molar-refractivity contribution in [3.05, 3.63) is 11.6 Å². The van der Waals surface area contributed by atoms with Crippen molar-refractivity contribution in [2.75, 3.05) is 0 Å². The Morgan fingerprint density at radius 3 is 2.13 bits per heavy atom. The van der Waals surface area contributed by atoms with E-state index < -0.39 is 24.2 Å². The minimum absolute atomic E-state index is 0.0208. The first-order valence-corrected chi connectivity index (χ1v) is 4.48. The third-order valence-electron chi connectivity index (χ3n) is 1.65. The molecule has 0 unspecified atom stereocenters. The summed E-state index contributed by atoms with van der Waals surface area (Å²) in [6, 6.07) is 0. The predicted molar refractivity (Wildman–Crippen MR) is 49.4 cm³/mol. The van der Waals surface area contributed by atoms with Crippen molar-refractivity contribution in [1.29, 1.82) is 0 Å². The molecule has 2 nitrogen and oxygen atoms in total. The van der Waals surface area contributed by atoms with Crippen LogP contribution in [0.1, 0.15) is 33.1 Å². The average molecular weight is 222 g/mol. The van der Waals surface area contributed by atoms with E-state index in [0.29, 0.717) is 6.42 Å². The lowest BCUT2D eigenvalue weighted by Gasteiger charge is -2.03. The van der Waals surface area contributed by atoms with Gasteiger partial charge in [-0.25, -0.2) is 0 Å². The number of ketones is 2. The first-order valence-electron chi connectivity index (χ1n) is 4.48. The van der Waals surface area contributed by atoms with Crippen LogP contribution >= 0.6 is 0 Å². The van der Waals surface area contributed by atoms with Crippen molar-refractivity contribution in [2.45, 2.75) is 39.3 Å². The highest BCUT2D eigenvalue weighted by atomic mass is 19.4. The number of carbonyl (C=O) groups is 2. The van der Waals surface area contributed by atoms with Crippen LogP contribution in [0.15, 0.2) is 11.6 Å². The molecule has 0 radical (unpaired) electrons. The van der Waals surface area contributed by atoms with E-state index in [2.05, 4.69) is 0 Å². The Kier molecular flexibility index (Phi) is 5.25. The number of carbonyl (C=O) groups excluding carboxylic acids is 2. The predicted octanol–water partition coefficient (Wildman–Crippen LogP) is 2.82. The van der Waals surface area contributed by atoms with E-state index in [0.717, 1.165) is 5.57 Å². The van der Waals surface area contributed by atoms with Crippen LogP contribution < -0.4 is 0 Å². The zero-order chi connectivity index (χ0) is 12.1. The van der Waals surface area contributed by atoms with E-state index in [1.54, 1.807) is 6.08 Å². The summed E-state index contributed by atoms with van der Waals surface area (Å²) in [7, 11) is 0. The van der Waals surface area contributed by atoms with Gasteiger partial charge in [-0.2, -0.15) is 13.2 Å². The highest BCUT2D eigenvalue weighted by Crippen LogP contribution is 2.18. The quantitative estimate of drug-likeness (QED) is 0.529. The molecule has 0 spiro atoms. The van der Waals surface area contributed by atoms with Crippen LogP contribution in [0.2, 0.25) is 0 Å². The van der Waals surface area contributed by atoms with Crippen molar-refractivity contribution >= 4 is 11.6 Å². The molecule has 0 saturated heterocycles. The van der Waals surface area contributed by atoms with E-state index in [1.807, 2.05) is 13.8 Å². The lowest BCUT2D eigenvalue weighted by atomic mass is 10.1. The summed E-state index contributed by atoms with van der Waals surface area (Å²) in [4.78, 5) is 21.3. The van der Waals surface area contributed by atoms with Gasteiger partial charge >= 0.3 is 6.18 Å². The number of alkyl halides is 3. The number of allylic oxidation sites excluding steroid dienone is 2. The molecule has 0 amide bonds. The van der Waals surface area contributed by atoms with Crippen molar-refractivity contribution in [3.8, 4) is 0 Å². The molecule has 0 aliphatic heterocycles. The fraction of sp³-hybridized carbons (Fsp3) is 0.600. The van der Waals surface area contributed by atoms with Crippen molar-refractivity contribution in [3.63, 3.8) is 0 Å². The Bertz CT molecular complexity index is 273. The third kappa shape index (κ3) is 6.88. The monoisotopic (exact) mass is 222 g/mol. The number of rotatable bonds is 5. The molecule has 0 aliphatic carbocycles. The lowest BCUT2D eigenvalue weighted by Crippen LogP contribution is -2.25. The normalized spacial score (nSPS) is 11.0. The number of halogens is 3. The van der Waals surface area contributed by atoms with Gasteiger partial charge < -0.3 is 0 Å². The molecule has 0 aromatic rings. The Balaban J connectivity index is 3.96. The van der Waals surface area contributed by atoms with Gasteiger partial charge in [0.05, 0.1) is 6.42 Å². The zero-order valence-corrected chi connectivity index (χ0v) is 8.65. The Hall–Kier alpha value is -1.13. The maximum absolute atomic E-state index is 11.7. The topological polar surface area (TPSA) is 34.1 Å². The van der Waals surface area contributed by atoms with E-state index in [1.165, 1.54) is 0 Å². The largest absolute Gasteiger partial charge is 0.450 e. The molecule has 0 atom stereocenters.